The lowest BCUT2D eigenvalue weighted by Gasteiger charge is -2.12. The van der Waals surface area contributed by atoms with Crippen LogP contribution in [0.25, 0.3) is 0 Å². The summed E-state index contributed by atoms with van der Waals surface area (Å²) in [6.07, 6.45) is 1.13. The molecule has 100 valence electrons. The number of nitrogens with zero attached hydrogens (tertiary/aromatic N) is 1. The second-order valence-corrected chi connectivity index (χ2v) is 4.91. The Labute approximate surface area is 113 Å². The van der Waals surface area contributed by atoms with Gasteiger partial charge in [-0.05, 0) is 62.1 Å². The summed E-state index contributed by atoms with van der Waals surface area (Å²) in [7, 11) is 0. The van der Waals surface area contributed by atoms with Gasteiger partial charge in [-0.2, -0.15) is 0 Å². The second kappa shape index (κ2) is 5.41. The van der Waals surface area contributed by atoms with Crippen LogP contribution in [0.3, 0.4) is 0 Å². The predicted octanol–water partition coefficient (Wildman–Crippen LogP) is 3.85. The average molecular weight is 257 g/mol. The van der Waals surface area contributed by atoms with Gasteiger partial charge in [0.15, 0.2) is 0 Å². The Bertz CT molecular complexity index is 574. The van der Waals surface area contributed by atoms with Crippen LogP contribution >= 0.6 is 0 Å². The first-order chi connectivity index (χ1) is 8.97. The van der Waals surface area contributed by atoms with Gasteiger partial charge in [0, 0.05) is 12.3 Å². The molecule has 0 spiro atoms. The molecule has 0 aliphatic heterocycles. The summed E-state index contributed by atoms with van der Waals surface area (Å²) in [5.74, 6) is 1.37. The number of benzene rings is 1. The predicted molar refractivity (Wildman–Crippen MR) is 75.6 cm³/mol. The number of ether oxygens (including phenoxy) is 1. The summed E-state index contributed by atoms with van der Waals surface area (Å²) >= 11 is 0. The van der Waals surface area contributed by atoms with Crippen LogP contribution in [0.4, 0.5) is 0 Å². The van der Waals surface area contributed by atoms with E-state index in [0.717, 1.165) is 16.9 Å². The van der Waals surface area contributed by atoms with E-state index in [1.54, 1.807) is 19.2 Å². The third-order valence-electron chi connectivity index (χ3n) is 3.22. The van der Waals surface area contributed by atoms with E-state index in [1.807, 2.05) is 26.0 Å². The Morgan fingerprint density at radius 2 is 1.89 bits per heavy atom. The maximum absolute atomic E-state index is 9.44. The minimum absolute atomic E-state index is 0.510. The molecule has 3 nitrogen and oxygen atoms in total. The van der Waals surface area contributed by atoms with Crippen LogP contribution in [-0.2, 0) is 0 Å². The molecule has 2 rings (SSSR count). The number of aryl methyl sites for hydroxylation is 2. The standard InChI is InChI=1S/C16H19NO2/c1-10-7-11(2)12(3)15(8-10)19-16-6-5-14(9-17-16)13(4)18/h5-9,13,18H,1-4H3. The van der Waals surface area contributed by atoms with Gasteiger partial charge in [0.1, 0.15) is 5.75 Å². The number of rotatable bonds is 3. The quantitative estimate of drug-likeness (QED) is 0.908. The van der Waals surface area contributed by atoms with Crippen LogP contribution in [0.15, 0.2) is 30.5 Å². The smallest absolute Gasteiger partial charge is 0.219 e. The highest BCUT2D eigenvalue weighted by Gasteiger charge is 2.07. The van der Waals surface area contributed by atoms with Gasteiger partial charge in [0.05, 0.1) is 6.10 Å². The lowest BCUT2D eigenvalue weighted by molar-refractivity contribution is 0.198. The van der Waals surface area contributed by atoms with Crippen LogP contribution < -0.4 is 4.74 Å². The Morgan fingerprint density at radius 3 is 2.47 bits per heavy atom. The molecule has 19 heavy (non-hydrogen) atoms. The number of pyridine rings is 1. The van der Waals surface area contributed by atoms with E-state index in [9.17, 15) is 5.11 Å². The van der Waals surface area contributed by atoms with E-state index >= 15 is 0 Å². The van der Waals surface area contributed by atoms with E-state index < -0.39 is 6.10 Å². The van der Waals surface area contributed by atoms with Gasteiger partial charge in [0.2, 0.25) is 5.88 Å². The molecule has 1 aromatic heterocycles. The zero-order valence-electron chi connectivity index (χ0n) is 11.8. The normalized spacial score (nSPS) is 12.3. The van der Waals surface area contributed by atoms with E-state index in [-0.39, 0.29) is 0 Å². The monoisotopic (exact) mass is 257 g/mol. The van der Waals surface area contributed by atoms with E-state index in [1.165, 1.54) is 11.1 Å². The van der Waals surface area contributed by atoms with Crippen LogP contribution in [0.5, 0.6) is 11.6 Å². The molecule has 0 aliphatic carbocycles. The van der Waals surface area contributed by atoms with Gasteiger partial charge >= 0.3 is 0 Å². The average Bonchev–Trinajstić information content (AvgIpc) is 2.36. The molecular formula is C16H19NO2. The van der Waals surface area contributed by atoms with Crippen molar-refractivity contribution in [3.63, 3.8) is 0 Å². The Morgan fingerprint density at radius 1 is 1.16 bits per heavy atom. The number of aromatic nitrogens is 1. The SMILES string of the molecule is Cc1cc(C)c(C)c(Oc2ccc(C(C)O)cn2)c1. The summed E-state index contributed by atoms with van der Waals surface area (Å²) in [5, 5.41) is 9.44. The molecule has 0 aliphatic rings. The van der Waals surface area contributed by atoms with Crippen LogP contribution in [-0.4, -0.2) is 10.1 Å². The summed E-state index contributed by atoms with van der Waals surface area (Å²) in [6.45, 7) is 7.86. The molecule has 2 aromatic rings. The fraction of sp³-hybridized carbons (Fsp3) is 0.312. The van der Waals surface area contributed by atoms with Gasteiger partial charge in [0.25, 0.3) is 0 Å². The highest BCUT2D eigenvalue weighted by atomic mass is 16.5. The summed E-state index contributed by atoms with van der Waals surface area (Å²) in [4.78, 5) is 4.21. The van der Waals surface area contributed by atoms with Gasteiger partial charge in [-0.3, -0.25) is 0 Å². The summed E-state index contributed by atoms with van der Waals surface area (Å²) in [5.41, 5.74) is 4.27. The van der Waals surface area contributed by atoms with Crippen molar-refractivity contribution in [3.8, 4) is 11.6 Å². The first-order valence-corrected chi connectivity index (χ1v) is 6.37. The lowest BCUT2D eigenvalue weighted by Crippen LogP contribution is -1.96. The maximum Gasteiger partial charge on any atom is 0.219 e. The minimum Gasteiger partial charge on any atom is -0.439 e. The number of hydrogen-bond donors (Lipinski definition) is 1. The highest BCUT2D eigenvalue weighted by molar-refractivity contribution is 5.43. The largest absolute Gasteiger partial charge is 0.439 e. The third kappa shape index (κ3) is 3.12. The van der Waals surface area contributed by atoms with Crippen LogP contribution in [0.2, 0.25) is 0 Å². The van der Waals surface area contributed by atoms with Gasteiger partial charge in [-0.1, -0.05) is 6.07 Å². The zero-order chi connectivity index (χ0) is 14.0. The van der Waals surface area contributed by atoms with Crippen LogP contribution in [0, 0.1) is 20.8 Å². The molecule has 1 aromatic carbocycles. The third-order valence-corrected chi connectivity index (χ3v) is 3.22. The number of hydrogen-bond acceptors (Lipinski definition) is 3. The summed E-state index contributed by atoms with van der Waals surface area (Å²) < 4.78 is 5.81. The molecule has 0 saturated heterocycles. The fourth-order valence-corrected chi connectivity index (χ4v) is 1.92. The molecule has 1 atom stereocenters. The zero-order valence-corrected chi connectivity index (χ0v) is 11.8. The van der Waals surface area contributed by atoms with Crippen molar-refractivity contribution in [3.05, 3.63) is 52.7 Å². The molecule has 0 saturated carbocycles. The minimum atomic E-state index is -0.510. The van der Waals surface area contributed by atoms with Gasteiger partial charge < -0.3 is 9.84 Å². The Hall–Kier alpha value is -1.87. The first kappa shape index (κ1) is 13.6. The van der Waals surface area contributed by atoms with Crippen molar-refractivity contribution >= 4 is 0 Å². The summed E-state index contributed by atoms with van der Waals surface area (Å²) in [6, 6.07) is 7.74. The van der Waals surface area contributed by atoms with Crippen LogP contribution in [0.1, 0.15) is 35.3 Å². The number of aliphatic hydroxyl groups excluding tert-OH is 1. The fourth-order valence-electron chi connectivity index (χ4n) is 1.92. The molecule has 1 N–H and O–H groups in total. The van der Waals surface area contributed by atoms with Crippen molar-refractivity contribution in [1.82, 2.24) is 4.98 Å². The van der Waals surface area contributed by atoms with E-state index in [2.05, 4.69) is 18.0 Å². The van der Waals surface area contributed by atoms with Crippen molar-refractivity contribution in [2.75, 3.05) is 0 Å². The molecule has 0 fully saturated rings. The molecule has 0 bridgehead atoms. The van der Waals surface area contributed by atoms with Gasteiger partial charge in [-0.25, -0.2) is 4.98 Å². The van der Waals surface area contributed by atoms with Gasteiger partial charge in [-0.15, -0.1) is 0 Å². The topological polar surface area (TPSA) is 42.4 Å². The molecule has 1 heterocycles. The molecule has 3 heteroatoms. The Kier molecular flexibility index (Phi) is 3.86. The van der Waals surface area contributed by atoms with E-state index in [4.69, 9.17) is 4.74 Å². The number of aliphatic hydroxyl groups is 1. The second-order valence-electron chi connectivity index (χ2n) is 4.91. The highest BCUT2D eigenvalue weighted by Crippen LogP contribution is 2.27. The molecule has 0 amide bonds. The van der Waals surface area contributed by atoms with Crippen molar-refractivity contribution < 1.29 is 9.84 Å². The van der Waals surface area contributed by atoms with Crippen molar-refractivity contribution in [1.29, 1.82) is 0 Å². The molecule has 1 unspecified atom stereocenters. The Balaban J connectivity index is 2.26. The maximum atomic E-state index is 9.44. The molecule has 0 radical (unpaired) electrons. The van der Waals surface area contributed by atoms with E-state index in [0.29, 0.717) is 5.88 Å². The first-order valence-electron chi connectivity index (χ1n) is 6.37. The van der Waals surface area contributed by atoms with Crippen molar-refractivity contribution in [2.45, 2.75) is 33.8 Å². The lowest BCUT2D eigenvalue weighted by atomic mass is 10.1. The molecular weight excluding hydrogens is 238 g/mol. The van der Waals surface area contributed by atoms with Crippen molar-refractivity contribution in [2.24, 2.45) is 0 Å².